The number of halogens is 1. The van der Waals surface area contributed by atoms with E-state index in [0.717, 1.165) is 15.4 Å². The zero-order valence-electron chi connectivity index (χ0n) is 6.99. The van der Waals surface area contributed by atoms with Crippen molar-refractivity contribution in [1.82, 2.24) is 0 Å². The third-order valence-electron chi connectivity index (χ3n) is 1.57. The first-order valence-corrected chi connectivity index (χ1v) is 5.49. The van der Waals surface area contributed by atoms with Crippen molar-refractivity contribution < 1.29 is 4.79 Å². The Morgan fingerprint density at radius 2 is 1.77 bits per heavy atom. The Hall–Kier alpha value is 0.0700. The molecule has 0 radical (unpaired) electrons. The quantitative estimate of drug-likeness (QED) is 0.626. The molecule has 0 amide bonds. The van der Waals surface area contributed by atoms with E-state index in [1.54, 1.807) is 6.92 Å². The zero-order valence-corrected chi connectivity index (χ0v) is 10.4. The number of hydrogen-bond acceptors (Lipinski definition) is 3. The smallest absolute Gasteiger partial charge is 0.147 e. The molecule has 0 saturated carbocycles. The van der Waals surface area contributed by atoms with Gasteiger partial charge < -0.3 is 0 Å². The largest absolute Gasteiger partial charge is 0.298 e. The summed E-state index contributed by atoms with van der Waals surface area (Å²) in [6.07, 6.45) is 0. The SMILES string of the molecule is CC(=O)C(Br)c1cc(S)cc(S)c1. The van der Waals surface area contributed by atoms with Gasteiger partial charge in [0.05, 0.1) is 4.83 Å². The molecular weight excluding hydrogens is 268 g/mol. The van der Waals surface area contributed by atoms with Gasteiger partial charge in [-0.15, -0.1) is 25.3 Å². The highest BCUT2D eigenvalue weighted by atomic mass is 79.9. The molecule has 1 nitrogen and oxygen atoms in total. The average Bonchev–Trinajstić information content (AvgIpc) is 2.01. The van der Waals surface area contributed by atoms with Crippen LogP contribution in [0.25, 0.3) is 0 Å². The first-order valence-electron chi connectivity index (χ1n) is 3.68. The summed E-state index contributed by atoms with van der Waals surface area (Å²) in [5, 5.41) is 0. The van der Waals surface area contributed by atoms with Crippen molar-refractivity contribution in [1.29, 1.82) is 0 Å². The molecular formula is C9H9BrOS2. The fraction of sp³-hybridized carbons (Fsp3) is 0.222. The van der Waals surface area contributed by atoms with Crippen molar-refractivity contribution >= 4 is 47.0 Å². The zero-order chi connectivity index (χ0) is 10.0. The van der Waals surface area contributed by atoms with E-state index >= 15 is 0 Å². The molecule has 1 unspecified atom stereocenters. The summed E-state index contributed by atoms with van der Waals surface area (Å²) >= 11 is 11.7. The Bertz CT molecular complexity index is 318. The summed E-state index contributed by atoms with van der Waals surface area (Å²) in [7, 11) is 0. The monoisotopic (exact) mass is 276 g/mol. The van der Waals surface area contributed by atoms with E-state index in [0.29, 0.717) is 0 Å². The molecule has 0 saturated heterocycles. The van der Waals surface area contributed by atoms with Gasteiger partial charge in [-0.2, -0.15) is 0 Å². The number of alkyl halides is 1. The van der Waals surface area contributed by atoms with Crippen LogP contribution in [0.1, 0.15) is 17.3 Å². The number of Topliss-reactive ketones (excluding diaryl/α,β-unsaturated/α-hetero) is 1. The van der Waals surface area contributed by atoms with E-state index in [4.69, 9.17) is 0 Å². The number of benzene rings is 1. The molecule has 1 atom stereocenters. The predicted octanol–water partition coefficient (Wildman–Crippen LogP) is 3.29. The molecule has 0 aliphatic heterocycles. The predicted molar refractivity (Wildman–Crippen MR) is 63.3 cm³/mol. The van der Waals surface area contributed by atoms with Crippen LogP contribution in [0.4, 0.5) is 0 Å². The molecule has 1 rings (SSSR count). The number of carbonyl (C=O) groups excluding carboxylic acids is 1. The van der Waals surface area contributed by atoms with Gasteiger partial charge in [0.2, 0.25) is 0 Å². The van der Waals surface area contributed by atoms with Gasteiger partial charge >= 0.3 is 0 Å². The highest BCUT2D eigenvalue weighted by Crippen LogP contribution is 2.27. The molecule has 4 heteroatoms. The van der Waals surface area contributed by atoms with E-state index in [2.05, 4.69) is 41.2 Å². The molecule has 1 aromatic carbocycles. The van der Waals surface area contributed by atoms with Gasteiger partial charge in [0.1, 0.15) is 5.78 Å². The van der Waals surface area contributed by atoms with Crippen molar-refractivity contribution in [3.05, 3.63) is 23.8 Å². The molecule has 70 valence electrons. The van der Waals surface area contributed by atoms with Crippen LogP contribution in [0.3, 0.4) is 0 Å². The lowest BCUT2D eigenvalue weighted by molar-refractivity contribution is -0.116. The van der Waals surface area contributed by atoms with Gasteiger partial charge in [-0.05, 0) is 30.7 Å². The second-order valence-electron chi connectivity index (χ2n) is 2.76. The Morgan fingerprint density at radius 3 is 2.15 bits per heavy atom. The minimum absolute atomic E-state index is 0.0756. The minimum Gasteiger partial charge on any atom is -0.298 e. The van der Waals surface area contributed by atoms with Crippen molar-refractivity contribution in [2.45, 2.75) is 21.5 Å². The molecule has 13 heavy (non-hydrogen) atoms. The van der Waals surface area contributed by atoms with Crippen molar-refractivity contribution in [2.24, 2.45) is 0 Å². The summed E-state index contributed by atoms with van der Waals surface area (Å²) in [6, 6.07) is 5.53. The lowest BCUT2D eigenvalue weighted by Crippen LogP contribution is -2.00. The molecule has 1 aromatic rings. The standard InChI is InChI=1S/C9H9BrOS2/c1-5(11)9(10)6-2-7(12)4-8(13)3-6/h2-4,9,12-13H,1H3. The summed E-state index contributed by atoms with van der Waals surface area (Å²) in [4.78, 5) is 12.4. The minimum atomic E-state index is -0.259. The summed E-state index contributed by atoms with van der Waals surface area (Å²) in [5.41, 5.74) is 0.894. The molecule has 0 N–H and O–H groups in total. The van der Waals surface area contributed by atoms with Crippen LogP contribution in [0.15, 0.2) is 28.0 Å². The highest BCUT2D eigenvalue weighted by Gasteiger charge is 2.12. The van der Waals surface area contributed by atoms with Gasteiger partial charge in [0, 0.05) is 9.79 Å². The van der Waals surface area contributed by atoms with E-state index in [1.807, 2.05) is 18.2 Å². The molecule has 0 fully saturated rings. The summed E-state index contributed by atoms with van der Waals surface area (Å²) < 4.78 is 0. The number of rotatable bonds is 2. The van der Waals surface area contributed by atoms with Crippen LogP contribution in [-0.2, 0) is 4.79 Å². The normalized spacial score (nSPS) is 12.6. The first kappa shape index (κ1) is 11.1. The van der Waals surface area contributed by atoms with Gasteiger partial charge in [0.15, 0.2) is 0 Å². The molecule has 0 heterocycles. The maximum absolute atomic E-state index is 11.1. The van der Waals surface area contributed by atoms with Gasteiger partial charge in [0.25, 0.3) is 0 Å². The van der Waals surface area contributed by atoms with Gasteiger partial charge in [-0.25, -0.2) is 0 Å². The maximum atomic E-state index is 11.1. The molecule has 0 spiro atoms. The summed E-state index contributed by atoms with van der Waals surface area (Å²) in [6.45, 7) is 1.54. The van der Waals surface area contributed by atoms with Crippen molar-refractivity contribution in [2.75, 3.05) is 0 Å². The van der Waals surface area contributed by atoms with Crippen LogP contribution in [-0.4, -0.2) is 5.78 Å². The fourth-order valence-corrected chi connectivity index (χ4v) is 1.94. The molecule has 0 bridgehead atoms. The lowest BCUT2D eigenvalue weighted by Gasteiger charge is -2.07. The Morgan fingerprint density at radius 1 is 1.31 bits per heavy atom. The number of ketones is 1. The van der Waals surface area contributed by atoms with Crippen LogP contribution >= 0.6 is 41.2 Å². The van der Waals surface area contributed by atoms with Crippen LogP contribution < -0.4 is 0 Å². The van der Waals surface area contributed by atoms with Crippen LogP contribution in [0.2, 0.25) is 0 Å². The fourth-order valence-electron chi connectivity index (χ4n) is 0.999. The van der Waals surface area contributed by atoms with Crippen LogP contribution in [0, 0.1) is 0 Å². The van der Waals surface area contributed by atoms with E-state index in [9.17, 15) is 4.79 Å². The summed E-state index contributed by atoms with van der Waals surface area (Å²) in [5.74, 6) is 0.0756. The Kier molecular flexibility index (Phi) is 3.88. The number of thiol groups is 2. The van der Waals surface area contributed by atoms with Crippen LogP contribution in [0.5, 0.6) is 0 Å². The molecule has 0 aliphatic rings. The Labute approximate surface area is 96.9 Å². The van der Waals surface area contributed by atoms with E-state index < -0.39 is 0 Å². The van der Waals surface area contributed by atoms with Gasteiger partial charge in [-0.3, -0.25) is 4.79 Å². The number of hydrogen-bond donors (Lipinski definition) is 2. The van der Waals surface area contributed by atoms with Gasteiger partial charge in [-0.1, -0.05) is 15.9 Å². The molecule has 0 aliphatic carbocycles. The average molecular weight is 277 g/mol. The lowest BCUT2D eigenvalue weighted by atomic mass is 10.1. The number of carbonyl (C=O) groups is 1. The maximum Gasteiger partial charge on any atom is 0.147 e. The van der Waals surface area contributed by atoms with E-state index in [-0.39, 0.29) is 10.6 Å². The second-order valence-corrected chi connectivity index (χ2v) is 4.70. The van der Waals surface area contributed by atoms with Crippen molar-refractivity contribution in [3.63, 3.8) is 0 Å². The Balaban J connectivity index is 3.07. The third kappa shape index (κ3) is 3.04. The van der Waals surface area contributed by atoms with E-state index in [1.165, 1.54) is 0 Å². The molecule has 0 aromatic heterocycles. The second kappa shape index (κ2) is 4.53. The third-order valence-corrected chi connectivity index (χ3v) is 3.26. The van der Waals surface area contributed by atoms with Crippen molar-refractivity contribution in [3.8, 4) is 0 Å². The highest BCUT2D eigenvalue weighted by molar-refractivity contribution is 9.09. The topological polar surface area (TPSA) is 17.1 Å². The first-order chi connectivity index (χ1) is 6.00.